The fourth-order valence-electron chi connectivity index (χ4n) is 3.29. The highest BCUT2D eigenvalue weighted by Gasteiger charge is 2.21. The highest BCUT2D eigenvalue weighted by atomic mass is 32.1. The number of aryl methyl sites for hydroxylation is 1. The third kappa shape index (κ3) is 5.09. The van der Waals surface area contributed by atoms with Gasteiger partial charge in [-0.3, -0.25) is 9.69 Å². The van der Waals surface area contributed by atoms with Crippen molar-refractivity contribution < 1.29 is 4.79 Å². The van der Waals surface area contributed by atoms with Crippen molar-refractivity contribution in [2.75, 3.05) is 19.6 Å². The van der Waals surface area contributed by atoms with E-state index in [0.29, 0.717) is 10.8 Å². The number of hydrogen-bond donors (Lipinski definition) is 1. The van der Waals surface area contributed by atoms with E-state index < -0.39 is 0 Å². The maximum atomic E-state index is 12.4. The number of nitrogens with one attached hydrogen (secondary N) is 1. The molecular formula is C19H26N4OS. The molecule has 0 spiro atoms. The van der Waals surface area contributed by atoms with Crippen molar-refractivity contribution in [3.63, 3.8) is 0 Å². The molecule has 1 aliphatic heterocycles. The van der Waals surface area contributed by atoms with Gasteiger partial charge in [-0.05, 0) is 55.4 Å². The molecule has 1 N–H and O–H groups in total. The maximum absolute atomic E-state index is 12.4. The molecule has 134 valence electrons. The van der Waals surface area contributed by atoms with Gasteiger partial charge in [0.15, 0.2) is 0 Å². The lowest BCUT2D eigenvalue weighted by atomic mass is 9.96. The predicted molar refractivity (Wildman–Crippen MR) is 101 cm³/mol. The van der Waals surface area contributed by atoms with Gasteiger partial charge in [-0.25, -0.2) is 0 Å². The Hall–Kier alpha value is -1.79. The Morgan fingerprint density at radius 3 is 2.76 bits per heavy atom. The van der Waals surface area contributed by atoms with E-state index in [1.54, 1.807) is 0 Å². The lowest BCUT2D eigenvalue weighted by molar-refractivity contribution is 0.0938. The fourth-order valence-corrected chi connectivity index (χ4v) is 3.91. The monoisotopic (exact) mass is 358 g/mol. The molecule has 0 atom stereocenters. The molecular weight excluding hydrogens is 332 g/mol. The molecule has 2 heterocycles. The van der Waals surface area contributed by atoms with E-state index in [9.17, 15) is 4.79 Å². The molecule has 1 saturated heterocycles. The van der Waals surface area contributed by atoms with Gasteiger partial charge in [-0.15, -0.1) is 5.10 Å². The van der Waals surface area contributed by atoms with Crippen molar-refractivity contribution in [3.05, 3.63) is 46.5 Å². The largest absolute Gasteiger partial charge is 0.351 e. The molecule has 1 aromatic carbocycles. The number of aromatic nitrogens is 2. The van der Waals surface area contributed by atoms with Crippen molar-refractivity contribution in [1.29, 1.82) is 0 Å². The molecule has 1 aliphatic rings. The number of piperidine rings is 1. The van der Waals surface area contributed by atoms with Crippen LogP contribution >= 0.6 is 11.5 Å². The number of carbonyl (C=O) groups is 1. The number of hydrogen-bond acceptors (Lipinski definition) is 5. The Morgan fingerprint density at radius 1 is 1.28 bits per heavy atom. The fraction of sp³-hybridized carbons (Fsp3) is 0.526. The average Bonchev–Trinajstić information content (AvgIpc) is 3.10. The standard InChI is InChI=1S/C19H26N4OS/c1-2-6-17-18(25-22-21-17)19(24)20-13-15-9-11-23(12-10-15)14-16-7-4-3-5-8-16/h3-5,7-8,15H,2,6,9-14H2,1H3,(H,20,24). The number of likely N-dealkylation sites (tertiary alicyclic amines) is 1. The van der Waals surface area contributed by atoms with Crippen LogP contribution in [0.3, 0.4) is 0 Å². The molecule has 3 rings (SSSR count). The van der Waals surface area contributed by atoms with Crippen molar-refractivity contribution in [2.45, 2.75) is 39.2 Å². The van der Waals surface area contributed by atoms with Crippen LogP contribution in [-0.2, 0) is 13.0 Å². The Kier molecular flexibility index (Phi) is 6.53. The van der Waals surface area contributed by atoms with Crippen LogP contribution in [0, 0.1) is 5.92 Å². The molecule has 6 heteroatoms. The zero-order chi connectivity index (χ0) is 17.5. The first-order chi connectivity index (χ1) is 12.3. The highest BCUT2D eigenvalue weighted by Crippen LogP contribution is 2.19. The summed E-state index contributed by atoms with van der Waals surface area (Å²) in [5.74, 6) is 0.552. The molecule has 0 radical (unpaired) electrons. The topological polar surface area (TPSA) is 58.1 Å². The molecule has 1 fully saturated rings. The summed E-state index contributed by atoms with van der Waals surface area (Å²) < 4.78 is 3.93. The normalized spacial score (nSPS) is 16.0. The van der Waals surface area contributed by atoms with Crippen LogP contribution in [0.2, 0.25) is 0 Å². The number of amides is 1. The van der Waals surface area contributed by atoms with E-state index in [0.717, 1.165) is 57.6 Å². The summed E-state index contributed by atoms with van der Waals surface area (Å²) in [6.07, 6.45) is 4.06. The smallest absolute Gasteiger partial charge is 0.264 e. The van der Waals surface area contributed by atoms with E-state index in [1.165, 1.54) is 17.1 Å². The molecule has 0 unspecified atom stereocenters. The molecule has 1 amide bonds. The first-order valence-electron chi connectivity index (χ1n) is 9.12. The van der Waals surface area contributed by atoms with Gasteiger partial charge in [0.05, 0.1) is 5.69 Å². The molecule has 0 bridgehead atoms. The van der Waals surface area contributed by atoms with Gasteiger partial charge in [-0.1, -0.05) is 48.2 Å². The average molecular weight is 359 g/mol. The van der Waals surface area contributed by atoms with Crippen LogP contribution in [0.4, 0.5) is 0 Å². The zero-order valence-electron chi connectivity index (χ0n) is 14.8. The minimum Gasteiger partial charge on any atom is -0.351 e. The number of rotatable bonds is 7. The van der Waals surface area contributed by atoms with Gasteiger partial charge >= 0.3 is 0 Å². The van der Waals surface area contributed by atoms with Crippen molar-refractivity contribution in [1.82, 2.24) is 19.8 Å². The van der Waals surface area contributed by atoms with Crippen molar-refractivity contribution >= 4 is 17.4 Å². The summed E-state index contributed by atoms with van der Waals surface area (Å²) >= 11 is 1.20. The SMILES string of the molecule is CCCc1nnsc1C(=O)NCC1CCN(Cc2ccccc2)CC1. The van der Waals surface area contributed by atoms with Crippen LogP contribution in [0.5, 0.6) is 0 Å². The number of carbonyl (C=O) groups excluding carboxylic acids is 1. The third-order valence-corrected chi connectivity index (χ3v) is 5.52. The maximum Gasteiger partial charge on any atom is 0.264 e. The van der Waals surface area contributed by atoms with Gasteiger partial charge in [0.25, 0.3) is 5.91 Å². The molecule has 2 aromatic rings. The van der Waals surface area contributed by atoms with Crippen molar-refractivity contribution in [3.8, 4) is 0 Å². The summed E-state index contributed by atoms with van der Waals surface area (Å²) in [6, 6.07) is 10.6. The summed E-state index contributed by atoms with van der Waals surface area (Å²) in [5, 5.41) is 7.16. The van der Waals surface area contributed by atoms with Crippen LogP contribution < -0.4 is 5.32 Å². The predicted octanol–water partition coefficient (Wildman–Crippen LogP) is 3.13. The minimum absolute atomic E-state index is 0.00911. The quantitative estimate of drug-likeness (QED) is 0.826. The van der Waals surface area contributed by atoms with E-state index >= 15 is 0 Å². The Balaban J connectivity index is 1.42. The van der Waals surface area contributed by atoms with Gasteiger partial charge < -0.3 is 5.32 Å². The summed E-state index contributed by atoms with van der Waals surface area (Å²) in [4.78, 5) is 15.5. The zero-order valence-corrected chi connectivity index (χ0v) is 15.6. The van der Waals surface area contributed by atoms with E-state index in [1.807, 2.05) is 0 Å². The van der Waals surface area contributed by atoms with Crippen LogP contribution in [0.1, 0.15) is 47.1 Å². The molecule has 0 saturated carbocycles. The van der Waals surface area contributed by atoms with Crippen molar-refractivity contribution in [2.24, 2.45) is 5.92 Å². The summed E-state index contributed by atoms with van der Waals surface area (Å²) in [6.45, 7) is 6.05. The number of nitrogens with zero attached hydrogens (tertiary/aromatic N) is 3. The summed E-state index contributed by atoms with van der Waals surface area (Å²) in [7, 11) is 0. The minimum atomic E-state index is -0.00911. The van der Waals surface area contributed by atoms with E-state index in [-0.39, 0.29) is 5.91 Å². The Bertz CT molecular complexity index is 665. The third-order valence-electron chi connectivity index (χ3n) is 4.76. The van der Waals surface area contributed by atoms with Crippen LogP contribution in [-0.4, -0.2) is 40.0 Å². The second kappa shape index (κ2) is 9.06. The lowest BCUT2D eigenvalue weighted by Gasteiger charge is -2.32. The van der Waals surface area contributed by atoms with Crippen LogP contribution in [0.15, 0.2) is 30.3 Å². The Labute approximate surface area is 153 Å². The van der Waals surface area contributed by atoms with Gasteiger partial charge in [0.1, 0.15) is 4.88 Å². The molecule has 1 aromatic heterocycles. The Morgan fingerprint density at radius 2 is 2.04 bits per heavy atom. The number of benzene rings is 1. The van der Waals surface area contributed by atoms with E-state index in [4.69, 9.17) is 0 Å². The van der Waals surface area contributed by atoms with Gasteiger partial charge in [0, 0.05) is 13.1 Å². The molecule has 0 aliphatic carbocycles. The van der Waals surface area contributed by atoms with Gasteiger partial charge in [-0.2, -0.15) is 0 Å². The van der Waals surface area contributed by atoms with Gasteiger partial charge in [0.2, 0.25) is 0 Å². The molecule has 5 nitrogen and oxygen atoms in total. The second-order valence-corrected chi connectivity index (χ2v) is 7.47. The first-order valence-corrected chi connectivity index (χ1v) is 9.89. The highest BCUT2D eigenvalue weighted by molar-refractivity contribution is 7.08. The lowest BCUT2D eigenvalue weighted by Crippen LogP contribution is -2.38. The second-order valence-electron chi connectivity index (χ2n) is 6.71. The first kappa shape index (κ1) is 18.0. The van der Waals surface area contributed by atoms with Crippen LogP contribution in [0.25, 0.3) is 0 Å². The van der Waals surface area contributed by atoms with E-state index in [2.05, 4.69) is 57.1 Å². The summed E-state index contributed by atoms with van der Waals surface area (Å²) in [5.41, 5.74) is 2.21. The molecule has 25 heavy (non-hydrogen) atoms.